The molecule has 0 amide bonds. The van der Waals surface area contributed by atoms with Crippen molar-refractivity contribution >= 4 is 15.9 Å². The van der Waals surface area contributed by atoms with Crippen molar-refractivity contribution in [2.75, 3.05) is 14.2 Å². The maximum absolute atomic E-state index is 5.31. The first-order valence-corrected chi connectivity index (χ1v) is 6.32. The molecule has 1 aromatic carbocycles. The second kappa shape index (κ2) is 5.74. The molecule has 0 aliphatic carbocycles. The lowest BCUT2D eigenvalue weighted by Crippen LogP contribution is -2.35. The van der Waals surface area contributed by atoms with Crippen molar-refractivity contribution in [2.45, 2.75) is 32.9 Å². The maximum Gasteiger partial charge on any atom is 0.174 e. The zero-order chi connectivity index (χ0) is 13.1. The van der Waals surface area contributed by atoms with Gasteiger partial charge in [0.2, 0.25) is 0 Å². The molecule has 0 saturated carbocycles. The summed E-state index contributed by atoms with van der Waals surface area (Å²) in [5.74, 6) is 1.47. The van der Waals surface area contributed by atoms with Crippen LogP contribution in [0.15, 0.2) is 16.6 Å². The Morgan fingerprint density at radius 3 is 2.29 bits per heavy atom. The van der Waals surface area contributed by atoms with Gasteiger partial charge in [-0.25, -0.2) is 0 Å². The average Bonchev–Trinajstić information content (AvgIpc) is 2.24. The molecule has 17 heavy (non-hydrogen) atoms. The van der Waals surface area contributed by atoms with Crippen molar-refractivity contribution in [2.24, 2.45) is 0 Å². The van der Waals surface area contributed by atoms with Gasteiger partial charge in [0, 0.05) is 12.1 Å². The van der Waals surface area contributed by atoms with Crippen LogP contribution in [0.1, 0.15) is 26.3 Å². The summed E-state index contributed by atoms with van der Waals surface area (Å²) in [6.45, 7) is 7.22. The monoisotopic (exact) mass is 301 g/mol. The third kappa shape index (κ3) is 4.21. The van der Waals surface area contributed by atoms with Gasteiger partial charge in [-0.15, -0.1) is 0 Å². The first-order valence-electron chi connectivity index (χ1n) is 5.53. The predicted molar refractivity (Wildman–Crippen MR) is 73.8 cm³/mol. The average molecular weight is 302 g/mol. The van der Waals surface area contributed by atoms with Crippen LogP contribution in [-0.4, -0.2) is 19.8 Å². The van der Waals surface area contributed by atoms with E-state index in [1.807, 2.05) is 12.1 Å². The molecular weight excluding hydrogens is 282 g/mol. The Balaban J connectivity index is 2.92. The summed E-state index contributed by atoms with van der Waals surface area (Å²) < 4.78 is 11.5. The van der Waals surface area contributed by atoms with E-state index < -0.39 is 0 Å². The summed E-state index contributed by atoms with van der Waals surface area (Å²) in [6, 6.07) is 4.03. The van der Waals surface area contributed by atoms with Gasteiger partial charge < -0.3 is 14.8 Å². The van der Waals surface area contributed by atoms with Gasteiger partial charge in [-0.2, -0.15) is 0 Å². The van der Waals surface area contributed by atoms with Gasteiger partial charge in [0.15, 0.2) is 11.5 Å². The van der Waals surface area contributed by atoms with Crippen molar-refractivity contribution in [1.29, 1.82) is 0 Å². The van der Waals surface area contributed by atoms with Gasteiger partial charge in [0.25, 0.3) is 0 Å². The molecule has 0 aliphatic heterocycles. The molecule has 0 radical (unpaired) electrons. The van der Waals surface area contributed by atoms with Crippen LogP contribution in [0.4, 0.5) is 0 Å². The fourth-order valence-corrected chi connectivity index (χ4v) is 2.09. The van der Waals surface area contributed by atoms with E-state index >= 15 is 0 Å². The first kappa shape index (κ1) is 14.3. The Morgan fingerprint density at radius 1 is 1.18 bits per heavy atom. The minimum absolute atomic E-state index is 0.0969. The minimum Gasteiger partial charge on any atom is -0.493 e. The van der Waals surface area contributed by atoms with Gasteiger partial charge in [-0.3, -0.25) is 0 Å². The molecule has 0 atom stereocenters. The number of benzene rings is 1. The zero-order valence-electron chi connectivity index (χ0n) is 11.1. The molecule has 0 spiro atoms. The largest absolute Gasteiger partial charge is 0.493 e. The topological polar surface area (TPSA) is 30.5 Å². The highest BCUT2D eigenvalue weighted by molar-refractivity contribution is 9.10. The number of hydrogen-bond acceptors (Lipinski definition) is 3. The summed E-state index contributed by atoms with van der Waals surface area (Å²) in [6.07, 6.45) is 0. The molecule has 0 fully saturated rings. The summed E-state index contributed by atoms with van der Waals surface area (Å²) >= 11 is 3.49. The summed E-state index contributed by atoms with van der Waals surface area (Å²) in [5, 5.41) is 3.44. The third-order valence-corrected chi connectivity index (χ3v) is 2.91. The van der Waals surface area contributed by atoms with Crippen LogP contribution in [0.2, 0.25) is 0 Å². The number of methoxy groups -OCH3 is 2. The molecule has 0 aliphatic rings. The Kier molecular flexibility index (Phi) is 4.83. The van der Waals surface area contributed by atoms with Crippen LogP contribution >= 0.6 is 15.9 Å². The Labute approximate surface area is 112 Å². The van der Waals surface area contributed by atoms with Crippen molar-refractivity contribution in [1.82, 2.24) is 5.32 Å². The second-order valence-electron chi connectivity index (χ2n) is 4.92. The Hall–Kier alpha value is -0.740. The van der Waals surface area contributed by atoms with Crippen LogP contribution in [0.3, 0.4) is 0 Å². The van der Waals surface area contributed by atoms with E-state index in [1.165, 1.54) is 0 Å². The minimum atomic E-state index is 0.0969. The zero-order valence-corrected chi connectivity index (χ0v) is 12.6. The molecule has 0 aromatic heterocycles. The molecule has 4 heteroatoms. The molecule has 0 unspecified atom stereocenters. The standard InChI is InChI=1S/C13H20BrNO2/c1-13(2,3)15-8-9-6-10(14)12(17-5)11(7-9)16-4/h6-7,15H,8H2,1-5H3. The van der Waals surface area contributed by atoms with Crippen molar-refractivity contribution < 1.29 is 9.47 Å². The normalized spacial score (nSPS) is 11.4. The van der Waals surface area contributed by atoms with Crippen molar-refractivity contribution in [3.63, 3.8) is 0 Å². The van der Waals surface area contributed by atoms with Gasteiger partial charge in [0.05, 0.1) is 18.7 Å². The van der Waals surface area contributed by atoms with Crippen LogP contribution in [0, 0.1) is 0 Å². The van der Waals surface area contributed by atoms with Gasteiger partial charge >= 0.3 is 0 Å². The number of ether oxygens (including phenoxy) is 2. The van der Waals surface area contributed by atoms with E-state index in [0.717, 1.165) is 28.1 Å². The van der Waals surface area contributed by atoms with Crippen LogP contribution in [0.25, 0.3) is 0 Å². The number of rotatable bonds is 4. The summed E-state index contributed by atoms with van der Waals surface area (Å²) in [7, 11) is 3.28. The molecule has 96 valence electrons. The third-order valence-electron chi connectivity index (χ3n) is 2.32. The van der Waals surface area contributed by atoms with Gasteiger partial charge in [-0.1, -0.05) is 0 Å². The molecule has 0 bridgehead atoms. The van der Waals surface area contributed by atoms with Crippen LogP contribution in [0.5, 0.6) is 11.5 Å². The van der Waals surface area contributed by atoms with E-state index in [-0.39, 0.29) is 5.54 Å². The molecule has 1 aromatic rings. The second-order valence-corrected chi connectivity index (χ2v) is 5.77. The van der Waals surface area contributed by atoms with E-state index in [0.29, 0.717) is 0 Å². The maximum atomic E-state index is 5.31. The first-order chi connectivity index (χ1) is 7.87. The van der Waals surface area contributed by atoms with E-state index in [2.05, 4.69) is 42.0 Å². The van der Waals surface area contributed by atoms with E-state index in [1.54, 1.807) is 14.2 Å². The summed E-state index contributed by atoms with van der Waals surface area (Å²) in [4.78, 5) is 0. The molecule has 0 heterocycles. The number of halogens is 1. The highest BCUT2D eigenvalue weighted by Gasteiger charge is 2.13. The smallest absolute Gasteiger partial charge is 0.174 e. The van der Waals surface area contributed by atoms with Crippen molar-refractivity contribution in [3.8, 4) is 11.5 Å². The highest BCUT2D eigenvalue weighted by atomic mass is 79.9. The van der Waals surface area contributed by atoms with Crippen LogP contribution < -0.4 is 14.8 Å². The molecular formula is C13H20BrNO2. The van der Waals surface area contributed by atoms with E-state index in [9.17, 15) is 0 Å². The summed E-state index contributed by atoms with van der Waals surface area (Å²) in [5.41, 5.74) is 1.25. The Morgan fingerprint density at radius 2 is 1.82 bits per heavy atom. The van der Waals surface area contributed by atoms with E-state index in [4.69, 9.17) is 9.47 Å². The number of hydrogen-bond donors (Lipinski definition) is 1. The SMILES string of the molecule is COc1cc(CNC(C)(C)C)cc(Br)c1OC. The Bertz CT molecular complexity index is 386. The highest BCUT2D eigenvalue weighted by Crippen LogP contribution is 2.36. The fourth-order valence-electron chi connectivity index (χ4n) is 1.44. The van der Waals surface area contributed by atoms with Gasteiger partial charge in [-0.05, 0) is 54.4 Å². The van der Waals surface area contributed by atoms with Gasteiger partial charge in [0.1, 0.15) is 0 Å². The molecule has 3 nitrogen and oxygen atoms in total. The predicted octanol–water partition coefficient (Wildman–Crippen LogP) is 3.35. The number of nitrogens with one attached hydrogen (secondary N) is 1. The lowest BCUT2D eigenvalue weighted by molar-refractivity contribution is 0.352. The molecule has 1 rings (SSSR count). The quantitative estimate of drug-likeness (QED) is 0.925. The lowest BCUT2D eigenvalue weighted by atomic mass is 10.1. The van der Waals surface area contributed by atoms with Crippen LogP contribution in [-0.2, 0) is 6.54 Å². The lowest BCUT2D eigenvalue weighted by Gasteiger charge is -2.21. The molecule has 0 saturated heterocycles. The van der Waals surface area contributed by atoms with Crippen molar-refractivity contribution in [3.05, 3.63) is 22.2 Å². The fraction of sp³-hybridized carbons (Fsp3) is 0.538. The molecule has 1 N–H and O–H groups in total.